The Kier molecular flexibility index (Phi) is 6.17. The normalized spacial score (nSPS) is 11.1. The maximum atomic E-state index is 13.3. The lowest BCUT2D eigenvalue weighted by Crippen LogP contribution is -2.15. The molecule has 0 bridgehead atoms. The predicted molar refractivity (Wildman–Crippen MR) is 124 cm³/mol. The molecule has 0 atom stereocenters. The van der Waals surface area contributed by atoms with Gasteiger partial charge in [0, 0.05) is 23.4 Å². The quantitative estimate of drug-likeness (QED) is 0.403. The van der Waals surface area contributed by atoms with Gasteiger partial charge in [0.15, 0.2) is 0 Å². The zero-order valence-electron chi connectivity index (χ0n) is 18.5. The molecule has 2 heterocycles. The van der Waals surface area contributed by atoms with Gasteiger partial charge < -0.3 is 15.2 Å². The number of aryl methyl sites for hydroxylation is 1. The molecule has 0 spiro atoms. The second kappa shape index (κ2) is 9.20. The van der Waals surface area contributed by atoms with Crippen LogP contribution in [-0.4, -0.2) is 22.0 Å². The summed E-state index contributed by atoms with van der Waals surface area (Å²) >= 11 is 0. The van der Waals surface area contributed by atoms with Crippen LogP contribution in [0.1, 0.15) is 36.3 Å². The highest BCUT2D eigenvalue weighted by molar-refractivity contribution is 6.13. The monoisotopic (exact) mass is 446 g/mol. The molecule has 0 saturated heterocycles. The fourth-order valence-corrected chi connectivity index (χ4v) is 3.46. The molecule has 0 saturated carbocycles. The molecular formula is C25H23FN4O3. The first-order chi connectivity index (χ1) is 15.8. The molecule has 0 aliphatic carbocycles. The smallest absolute Gasteiger partial charge is 0.259 e. The number of benzene rings is 2. The number of rotatable bonds is 6. The molecular weight excluding hydrogens is 423 g/mol. The highest BCUT2D eigenvalue weighted by Gasteiger charge is 2.19. The molecule has 0 radical (unpaired) electrons. The first-order valence-electron chi connectivity index (χ1n) is 10.5. The maximum absolute atomic E-state index is 13.3. The number of anilines is 2. The summed E-state index contributed by atoms with van der Waals surface area (Å²) in [7, 11) is 0. The summed E-state index contributed by atoms with van der Waals surface area (Å²) in [5, 5.41) is 10.1. The molecule has 4 aromatic rings. The fourth-order valence-electron chi connectivity index (χ4n) is 3.46. The SMILES string of the molecule is Cc1noc2nc(-c3ccc(F)cc3)cc(C(=O)Nc3ccc(NC(=O)CC(C)C)cc3)c12. The van der Waals surface area contributed by atoms with Gasteiger partial charge in [0.1, 0.15) is 5.82 Å². The van der Waals surface area contributed by atoms with Crippen LogP contribution in [-0.2, 0) is 4.79 Å². The van der Waals surface area contributed by atoms with Gasteiger partial charge in [-0.25, -0.2) is 9.37 Å². The number of hydrogen-bond donors (Lipinski definition) is 2. The van der Waals surface area contributed by atoms with E-state index >= 15 is 0 Å². The van der Waals surface area contributed by atoms with Crippen molar-refractivity contribution in [2.45, 2.75) is 27.2 Å². The lowest BCUT2D eigenvalue weighted by Gasteiger charge is -2.10. The van der Waals surface area contributed by atoms with E-state index in [1.807, 2.05) is 13.8 Å². The van der Waals surface area contributed by atoms with E-state index in [9.17, 15) is 14.0 Å². The first kappa shape index (κ1) is 22.1. The molecule has 0 unspecified atom stereocenters. The van der Waals surface area contributed by atoms with Gasteiger partial charge >= 0.3 is 0 Å². The van der Waals surface area contributed by atoms with E-state index < -0.39 is 0 Å². The van der Waals surface area contributed by atoms with E-state index in [0.717, 1.165) is 0 Å². The Morgan fingerprint density at radius 2 is 1.64 bits per heavy atom. The zero-order valence-corrected chi connectivity index (χ0v) is 18.5. The van der Waals surface area contributed by atoms with Crippen LogP contribution in [0.3, 0.4) is 0 Å². The number of amides is 2. The number of pyridine rings is 1. The summed E-state index contributed by atoms with van der Waals surface area (Å²) in [4.78, 5) is 29.5. The number of fused-ring (bicyclic) bond motifs is 1. The number of halogens is 1. The maximum Gasteiger partial charge on any atom is 0.259 e. The molecule has 2 amide bonds. The fraction of sp³-hybridized carbons (Fsp3) is 0.200. The second-order valence-electron chi connectivity index (χ2n) is 8.19. The van der Waals surface area contributed by atoms with E-state index in [1.165, 1.54) is 12.1 Å². The van der Waals surface area contributed by atoms with Crippen LogP contribution in [0.4, 0.5) is 15.8 Å². The van der Waals surface area contributed by atoms with E-state index in [-0.39, 0.29) is 29.3 Å². The lowest BCUT2D eigenvalue weighted by atomic mass is 10.0. The van der Waals surface area contributed by atoms with Gasteiger partial charge in [0.05, 0.1) is 22.3 Å². The van der Waals surface area contributed by atoms with Gasteiger partial charge in [-0.3, -0.25) is 9.59 Å². The van der Waals surface area contributed by atoms with Crippen LogP contribution in [0.15, 0.2) is 59.1 Å². The molecule has 7 nitrogen and oxygen atoms in total. The van der Waals surface area contributed by atoms with Gasteiger partial charge in [-0.2, -0.15) is 0 Å². The van der Waals surface area contributed by atoms with Crippen molar-refractivity contribution in [3.05, 3.63) is 71.7 Å². The summed E-state index contributed by atoms with van der Waals surface area (Å²) in [5.74, 6) is -0.524. The average molecular weight is 446 g/mol. The standard InChI is InChI=1S/C25H23FN4O3/c1-14(2)12-22(31)27-18-8-10-19(11-9-18)28-24(32)20-13-21(16-4-6-17(26)7-5-16)29-25-23(20)15(3)30-33-25/h4-11,13-14H,12H2,1-3H3,(H,27,31)(H,28,32). The van der Waals surface area contributed by atoms with Gasteiger partial charge in [-0.05, 0) is 67.4 Å². The minimum absolute atomic E-state index is 0.0581. The highest BCUT2D eigenvalue weighted by Crippen LogP contribution is 2.28. The van der Waals surface area contributed by atoms with Crippen LogP contribution in [0.5, 0.6) is 0 Å². The number of hydrogen-bond acceptors (Lipinski definition) is 5. The Hall–Kier alpha value is -4.07. The number of aromatic nitrogens is 2. The molecule has 2 aromatic heterocycles. The third-order valence-corrected chi connectivity index (χ3v) is 5.02. The number of carbonyl (C=O) groups excluding carboxylic acids is 2. The molecule has 0 fully saturated rings. The van der Waals surface area contributed by atoms with Crippen LogP contribution in [0.25, 0.3) is 22.4 Å². The van der Waals surface area contributed by atoms with Crippen molar-refractivity contribution >= 4 is 34.3 Å². The molecule has 0 aliphatic heterocycles. The first-order valence-corrected chi connectivity index (χ1v) is 10.5. The van der Waals surface area contributed by atoms with E-state index in [1.54, 1.807) is 49.4 Å². The second-order valence-corrected chi connectivity index (χ2v) is 8.19. The molecule has 4 rings (SSSR count). The molecule has 2 aromatic carbocycles. The van der Waals surface area contributed by atoms with E-state index in [0.29, 0.717) is 45.7 Å². The van der Waals surface area contributed by atoms with E-state index in [2.05, 4.69) is 20.8 Å². The molecule has 0 aliphatic rings. The van der Waals surface area contributed by atoms with Crippen molar-refractivity contribution in [3.63, 3.8) is 0 Å². The van der Waals surface area contributed by atoms with Crippen LogP contribution >= 0.6 is 0 Å². The van der Waals surface area contributed by atoms with Gasteiger partial charge in [0.2, 0.25) is 5.91 Å². The molecule has 2 N–H and O–H groups in total. The van der Waals surface area contributed by atoms with Crippen molar-refractivity contribution in [3.8, 4) is 11.3 Å². The number of nitrogens with zero attached hydrogens (tertiary/aromatic N) is 2. The minimum Gasteiger partial charge on any atom is -0.335 e. The van der Waals surface area contributed by atoms with Crippen molar-refractivity contribution in [1.29, 1.82) is 0 Å². The van der Waals surface area contributed by atoms with Gasteiger partial charge in [0.25, 0.3) is 11.6 Å². The summed E-state index contributed by atoms with van der Waals surface area (Å²) in [6, 6.07) is 14.3. The van der Waals surface area contributed by atoms with Crippen LogP contribution in [0.2, 0.25) is 0 Å². The Bertz CT molecular complexity index is 1310. The molecule has 168 valence electrons. The highest BCUT2D eigenvalue weighted by atomic mass is 19.1. The Morgan fingerprint density at radius 3 is 2.27 bits per heavy atom. The van der Waals surface area contributed by atoms with Gasteiger partial charge in [-0.1, -0.05) is 19.0 Å². The molecule has 8 heteroatoms. The van der Waals surface area contributed by atoms with Gasteiger partial charge in [-0.15, -0.1) is 0 Å². The minimum atomic E-state index is -0.367. The van der Waals surface area contributed by atoms with Crippen molar-refractivity contribution in [2.75, 3.05) is 10.6 Å². The summed E-state index contributed by atoms with van der Waals surface area (Å²) in [5.41, 5.74) is 3.42. The van der Waals surface area contributed by atoms with Crippen molar-refractivity contribution in [1.82, 2.24) is 10.1 Å². The van der Waals surface area contributed by atoms with Crippen LogP contribution in [0, 0.1) is 18.7 Å². The average Bonchev–Trinajstić information content (AvgIpc) is 3.15. The lowest BCUT2D eigenvalue weighted by molar-refractivity contribution is -0.116. The summed E-state index contributed by atoms with van der Waals surface area (Å²) < 4.78 is 18.6. The number of nitrogens with one attached hydrogen (secondary N) is 2. The van der Waals surface area contributed by atoms with Crippen molar-refractivity contribution < 1.29 is 18.5 Å². The largest absolute Gasteiger partial charge is 0.335 e. The Morgan fingerprint density at radius 1 is 1.00 bits per heavy atom. The van der Waals surface area contributed by atoms with Crippen molar-refractivity contribution in [2.24, 2.45) is 5.92 Å². The summed E-state index contributed by atoms with van der Waals surface area (Å²) in [6.45, 7) is 5.69. The summed E-state index contributed by atoms with van der Waals surface area (Å²) in [6.07, 6.45) is 0.436. The topological polar surface area (TPSA) is 97.1 Å². The third-order valence-electron chi connectivity index (χ3n) is 5.02. The van der Waals surface area contributed by atoms with Crippen LogP contribution < -0.4 is 10.6 Å². The Balaban J connectivity index is 1.59. The zero-order chi connectivity index (χ0) is 23.5. The van der Waals surface area contributed by atoms with E-state index in [4.69, 9.17) is 4.52 Å². The Labute approximate surface area is 190 Å². The number of carbonyl (C=O) groups is 2. The third kappa shape index (κ3) is 5.06. The predicted octanol–water partition coefficient (Wildman–Crippen LogP) is 5.57. The molecule has 33 heavy (non-hydrogen) atoms.